The third-order valence-corrected chi connectivity index (χ3v) is 5.02. The second-order valence-electron chi connectivity index (χ2n) is 6.12. The van der Waals surface area contributed by atoms with Gasteiger partial charge in [-0.1, -0.05) is 25.1 Å². The van der Waals surface area contributed by atoms with Crippen LogP contribution in [-0.2, 0) is 4.79 Å². The van der Waals surface area contributed by atoms with E-state index in [1.54, 1.807) is 0 Å². The van der Waals surface area contributed by atoms with Crippen LogP contribution < -0.4 is 5.73 Å². The van der Waals surface area contributed by atoms with Gasteiger partial charge in [0.15, 0.2) is 0 Å². The zero-order valence-electron chi connectivity index (χ0n) is 10.8. The molecule has 0 aliphatic heterocycles. The van der Waals surface area contributed by atoms with Crippen molar-refractivity contribution in [2.45, 2.75) is 51.0 Å². The minimum absolute atomic E-state index is 0.347. The van der Waals surface area contributed by atoms with Crippen LogP contribution in [-0.4, -0.2) is 28.4 Å². The number of carbonyl (C=O) groups is 1. The minimum atomic E-state index is 0.347. The van der Waals surface area contributed by atoms with Crippen molar-refractivity contribution in [3.63, 3.8) is 0 Å². The number of fused-ring (bicyclic) bond motifs is 1. The lowest BCUT2D eigenvalue weighted by Gasteiger charge is -2.22. The zero-order valence-corrected chi connectivity index (χ0v) is 11.6. The highest BCUT2D eigenvalue weighted by Crippen LogP contribution is 2.56. The van der Waals surface area contributed by atoms with Crippen LogP contribution >= 0.6 is 12.2 Å². The van der Waals surface area contributed by atoms with Gasteiger partial charge in [0, 0.05) is 24.9 Å². The molecule has 3 aliphatic rings. The summed E-state index contributed by atoms with van der Waals surface area (Å²) in [4.78, 5) is 15.2. The maximum Gasteiger partial charge on any atom is 0.226 e. The van der Waals surface area contributed by atoms with Gasteiger partial charge in [-0.2, -0.15) is 0 Å². The summed E-state index contributed by atoms with van der Waals surface area (Å²) in [6.07, 6.45) is 8.21. The number of hydrogen-bond acceptors (Lipinski definition) is 2. The number of thiocarbonyl (C=S) groups is 1. The summed E-state index contributed by atoms with van der Waals surface area (Å²) in [6, 6.07) is 0.495. The fourth-order valence-electron chi connectivity index (χ4n) is 3.64. The predicted molar refractivity (Wildman–Crippen MR) is 75.1 cm³/mol. The fourth-order valence-corrected chi connectivity index (χ4v) is 3.73. The minimum Gasteiger partial charge on any atom is -0.393 e. The van der Waals surface area contributed by atoms with Crippen molar-refractivity contribution in [2.24, 2.45) is 23.5 Å². The highest BCUT2D eigenvalue weighted by molar-refractivity contribution is 7.80. The van der Waals surface area contributed by atoms with Gasteiger partial charge in [0.1, 0.15) is 0 Å². The molecule has 3 rings (SSSR count). The molecule has 3 fully saturated rings. The highest BCUT2D eigenvalue weighted by atomic mass is 32.1. The van der Waals surface area contributed by atoms with E-state index in [-0.39, 0.29) is 0 Å². The summed E-state index contributed by atoms with van der Waals surface area (Å²) in [7, 11) is 0. The normalized spacial score (nSPS) is 33.7. The first-order chi connectivity index (χ1) is 8.68. The largest absolute Gasteiger partial charge is 0.393 e. The van der Waals surface area contributed by atoms with E-state index in [1.807, 2.05) is 0 Å². The standard InChI is InChI=1S/C14H22N2OS/c15-12(18)7-8-16(9-5-6-9)14(17)13-10-3-1-2-4-11(10)13/h9-11,13H,1-8H2,(H2,15,18). The number of nitrogens with zero attached hydrogens (tertiary/aromatic N) is 1. The van der Waals surface area contributed by atoms with E-state index < -0.39 is 0 Å². The van der Waals surface area contributed by atoms with Crippen LogP contribution in [0.2, 0.25) is 0 Å². The van der Waals surface area contributed by atoms with E-state index in [9.17, 15) is 4.79 Å². The Balaban J connectivity index is 1.60. The molecular weight excluding hydrogens is 244 g/mol. The van der Waals surface area contributed by atoms with Crippen molar-refractivity contribution in [3.8, 4) is 0 Å². The molecule has 0 aromatic rings. The van der Waals surface area contributed by atoms with Crippen molar-refractivity contribution in [1.29, 1.82) is 0 Å². The molecule has 100 valence electrons. The third kappa shape index (κ3) is 2.40. The van der Waals surface area contributed by atoms with Crippen molar-refractivity contribution >= 4 is 23.1 Å². The molecule has 1 amide bonds. The lowest BCUT2D eigenvalue weighted by atomic mass is 10.0. The SMILES string of the molecule is NC(=S)CCN(C(=O)C1C2CCCCC21)C1CC1. The summed E-state index contributed by atoms with van der Waals surface area (Å²) >= 11 is 4.93. The molecule has 0 radical (unpaired) electrons. The van der Waals surface area contributed by atoms with Gasteiger partial charge in [0.05, 0.1) is 4.99 Å². The van der Waals surface area contributed by atoms with Crippen molar-refractivity contribution in [2.75, 3.05) is 6.54 Å². The fraction of sp³-hybridized carbons (Fsp3) is 0.857. The Morgan fingerprint density at radius 3 is 2.28 bits per heavy atom. The van der Waals surface area contributed by atoms with E-state index in [2.05, 4.69) is 4.90 Å². The maximum atomic E-state index is 12.6. The number of hydrogen-bond donors (Lipinski definition) is 1. The number of rotatable bonds is 5. The van der Waals surface area contributed by atoms with E-state index in [0.29, 0.717) is 41.1 Å². The van der Waals surface area contributed by atoms with Crippen molar-refractivity contribution < 1.29 is 4.79 Å². The molecule has 0 bridgehead atoms. The average molecular weight is 266 g/mol. The molecule has 2 atom stereocenters. The first-order valence-electron chi connectivity index (χ1n) is 7.27. The number of amides is 1. The number of nitrogens with two attached hydrogens (primary N) is 1. The summed E-state index contributed by atoms with van der Waals surface area (Å²) in [6.45, 7) is 0.745. The zero-order chi connectivity index (χ0) is 12.7. The molecule has 0 aromatic heterocycles. The summed E-state index contributed by atoms with van der Waals surface area (Å²) in [5.41, 5.74) is 5.56. The maximum absolute atomic E-state index is 12.6. The van der Waals surface area contributed by atoms with Gasteiger partial charge < -0.3 is 10.6 Å². The molecule has 3 nitrogen and oxygen atoms in total. The lowest BCUT2D eigenvalue weighted by molar-refractivity contribution is -0.133. The Morgan fingerprint density at radius 1 is 1.17 bits per heavy atom. The Hall–Kier alpha value is -0.640. The monoisotopic (exact) mass is 266 g/mol. The third-order valence-electron chi connectivity index (χ3n) is 4.81. The first-order valence-corrected chi connectivity index (χ1v) is 7.68. The smallest absolute Gasteiger partial charge is 0.226 e. The molecule has 18 heavy (non-hydrogen) atoms. The van der Waals surface area contributed by atoms with Crippen LogP contribution in [0.5, 0.6) is 0 Å². The molecule has 3 aliphatic carbocycles. The molecule has 0 aromatic carbocycles. The van der Waals surface area contributed by atoms with Crippen molar-refractivity contribution in [3.05, 3.63) is 0 Å². The Morgan fingerprint density at radius 2 is 1.78 bits per heavy atom. The summed E-state index contributed by atoms with van der Waals surface area (Å²) in [5, 5.41) is 0. The van der Waals surface area contributed by atoms with Crippen LogP contribution in [0.3, 0.4) is 0 Å². The van der Waals surface area contributed by atoms with E-state index in [0.717, 1.165) is 6.54 Å². The Labute approximate surface area is 114 Å². The van der Waals surface area contributed by atoms with Gasteiger partial charge in [-0.15, -0.1) is 0 Å². The van der Waals surface area contributed by atoms with Crippen LogP contribution in [0.25, 0.3) is 0 Å². The van der Waals surface area contributed by atoms with Gasteiger partial charge in [-0.25, -0.2) is 0 Å². The van der Waals surface area contributed by atoms with E-state index in [4.69, 9.17) is 18.0 Å². The predicted octanol–water partition coefficient (Wildman–Crippen LogP) is 2.09. The molecule has 0 saturated heterocycles. The average Bonchev–Trinajstić information content (AvgIpc) is 3.22. The molecule has 4 heteroatoms. The van der Waals surface area contributed by atoms with Gasteiger partial charge >= 0.3 is 0 Å². The van der Waals surface area contributed by atoms with Crippen LogP contribution in [0, 0.1) is 17.8 Å². The second kappa shape index (κ2) is 4.80. The number of carbonyl (C=O) groups excluding carboxylic acids is 1. The molecule has 2 N–H and O–H groups in total. The highest BCUT2D eigenvalue weighted by Gasteiger charge is 2.56. The molecule has 3 saturated carbocycles. The quantitative estimate of drug-likeness (QED) is 0.775. The Bertz CT molecular complexity index is 355. The van der Waals surface area contributed by atoms with Crippen LogP contribution in [0.15, 0.2) is 0 Å². The lowest BCUT2D eigenvalue weighted by Crippen LogP contribution is -2.37. The van der Waals surface area contributed by atoms with E-state index in [1.165, 1.54) is 38.5 Å². The van der Waals surface area contributed by atoms with Gasteiger partial charge in [-0.3, -0.25) is 4.79 Å². The van der Waals surface area contributed by atoms with Gasteiger partial charge in [0.2, 0.25) is 5.91 Å². The van der Waals surface area contributed by atoms with E-state index >= 15 is 0 Å². The van der Waals surface area contributed by atoms with Crippen LogP contribution in [0.4, 0.5) is 0 Å². The molecular formula is C14H22N2OS. The van der Waals surface area contributed by atoms with Gasteiger partial charge in [0.25, 0.3) is 0 Å². The topological polar surface area (TPSA) is 46.3 Å². The molecule has 0 heterocycles. The van der Waals surface area contributed by atoms with Crippen molar-refractivity contribution in [1.82, 2.24) is 4.90 Å². The summed E-state index contributed by atoms with van der Waals surface area (Å²) < 4.78 is 0. The van der Waals surface area contributed by atoms with Crippen LogP contribution in [0.1, 0.15) is 44.9 Å². The first kappa shape index (κ1) is 12.4. The summed E-state index contributed by atoms with van der Waals surface area (Å²) in [5.74, 6) is 2.17. The second-order valence-corrected chi connectivity index (χ2v) is 6.64. The molecule has 0 spiro atoms. The van der Waals surface area contributed by atoms with Gasteiger partial charge in [-0.05, 0) is 37.5 Å². The Kier molecular flexibility index (Phi) is 3.31. The molecule has 2 unspecified atom stereocenters.